The van der Waals surface area contributed by atoms with Crippen molar-refractivity contribution in [2.75, 3.05) is 11.9 Å². The van der Waals surface area contributed by atoms with Crippen molar-refractivity contribution in [1.29, 1.82) is 0 Å². The highest BCUT2D eigenvalue weighted by Gasteiger charge is 2.30. The third kappa shape index (κ3) is 5.04. The van der Waals surface area contributed by atoms with Crippen LogP contribution < -0.4 is 5.32 Å². The van der Waals surface area contributed by atoms with E-state index in [1.54, 1.807) is 12.3 Å². The summed E-state index contributed by atoms with van der Waals surface area (Å²) in [7, 11) is 0. The molecule has 3 aromatic carbocycles. The van der Waals surface area contributed by atoms with E-state index >= 15 is 0 Å². The number of fused-ring (bicyclic) bond motifs is 3. The number of aromatic nitrogens is 1. The number of carbonyl (C=O) groups is 1. The average molecular weight is 528 g/mol. The summed E-state index contributed by atoms with van der Waals surface area (Å²) in [6.07, 6.45) is 2.34. The first-order valence-electron chi connectivity index (χ1n) is 11.9. The number of hydrogen-bond acceptors (Lipinski definition) is 3. The molecule has 1 atom stereocenters. The van der Waals surface area contributed by atoms with Gasteiger partial charge in [-0.05, 0) is 64.4 Å². The Bertz CT molecular complexity index is 1540. The van der Waals surface area contributed by atoms with Crippen LogP contribution in [-0.4, -0.2) is 17.7 Å². The summed E-state index contributed by atoms with van der Waals surface area (Å²) < 4.78 is 5.40. The summed E-state index contributed by atoms with van der Waals surface area (Å²) in [5.74, 6) is 0.224. The lowest BCUT2D eigenvalue weighted by Crippen LogP contribution is -2.18. The van der Waals surface area contributed by atoms with E-state index in [4.69, 9.17) is 34.5 Å². The minimum Gasteiger partial charge on any atom is -0.449 e. The molecule has 37 heavy (non-hydrogen) atoms. The molecule has 1 aliphatic rings. The van der Waals surface area contributed by atoms with Crippen molar-refractivity contribution >= 4 is 40.8 Å². The van der Waals surface area contributed by atoms with Crippen molar-refractivity contribution in [3.63, 3.8) is 0 Å². The Morgan fingerprint density at radius 2 is 1.89 bits per heavy atom. The van der Waals surface area contributed by atoms with Gasteiger partial charge < -0.3 is 4.74 Å². The lowest BCUT2D eigenvalue weighted by Gasteiger charge is -2.29. The van der Waals surface area contributed by atoms with E-state index in [-0.39, 0.29) is 18.3 Å². The van der Waals surface area contributed by atoms with Crippen molar-refractivity contribution in [1.82, 2.24) is 4.98 Å². The Hall–Kier alpha value is -3.85. The van der Waals surface area contributed by atoms with Gasteiger partial charge in [0.25, 0.3) is 0 Å². The van der Waals surface area contributed by atoms with Gasteiger partial charge in [0, 0.05) is 18.5 Å². The van der Waals surface area contributed by atoms with E-state index in [0.29, 0.717) is 28.6 Å². The van der Waals surface area contributed by atoms with Crippen molar-refractivity contribution < 1.29 is 9.53 Å². The zero-order valence-electron chi connectivity index (χ0n) is 20.1. The summed E-state index contributed by atoms with van der Waals surface area (Å²) in [5, 5.41) is 3.69. The van der Waals surface area contributed by atoms with Crippen LogP contribution in [0.5, 0.6) is 0 Å². The molecule has 1 N–H and O–H groups in total. The molecule has 1 amide bonds. The fraction of sp³-hybridized carbons (Fsp3) is 0.167. The second-order valence-electron chi connectivity index (χ2n) is 8.92. The van der Waals surface area contributed by atoms with Crippen LogP contribution in [0, 0.1) is 13.5 Å². The van der Waals surface area contributed by atoms with Crippen molar-refractivity contribution in [2.45, 2.75) is 25.7 Å². The number of nitrogens with zero attached hydrogens (tertiary/aromatic N) is 2. The lowest BCUT2D eigenvalue weighted by atomic mass is 9.76. The first-order valence-corrected chi connectivity index (χ1v) is 12.6. The summed E-state index contributed by atoms with van der Waals surface area (Å²) in [5.41, 5.74) is 7.34. The molecular formula is C30H23Cl2N3O2. The first kappa shape index (κ1) is 24.8. The van der Waals surface area contributed by atoms with Gasteiger partial charge in [-0.2, -0.15) is 0 Å². The molecule has 0 saturated carbocycles. The zero-order valence-corrected chi connectivity index (χ0v) is 21.6. The average Bonchev–Trinajstić information content (AvgIpc) is 2.91. The second-order valence-corrected chi connectivity index (χ2v) is 9.74. The van der Waals surface area contributed by atoms with E-state index in [0.717, 1.165) is 38.9 Å². The van der Waals surface area contributed by atoms with Crippen LogP contribution in [0.4, 0.5) is 16.3 Å². The maximum atomic E-state index is 12.6. The van der Waals surface area contributed by atoms with Crippen LogP contribution in [0.3, 0.4) is 0 Å². The number of benzene rings is 3. The maximum absolute atomic E-state index is 12.6. The minimum absolute atomic E-state index is 0.0315. The summed E-state index contributed by atoms with van der Waals surface area (Å²) in [4.78, 5) is 20.8. The Balaban J connectivity index is 1.41. The number of ether oxygens (including phenoxy) is 1. The number of nitrogens with one attached hydrogen (secondary N) is 1. The number of carbonyl (C=O) groups excluding carboxylic acids is 1. The molecule has 1 heterocycles. The van der Waals surface area contributed by atoms with Crippen molar-refractivity contribution in [2.24, 2.45) is 0 Å². The molecule has 0 fully saturated rings. The van der Waals surface area contributed by atoms with Gasteiger partial charge in [0.15, 0.2) is 0 Å². The molecule has 0 bridgehead atoms. The number of rotatable bonds is 5. The largest absolute Gasteiger partial charge is 0.449 e. The van der Waals surface area contributed by atoms with Crippen LogP contribution in [0.25, 0.3) is 16.0 Å². The monoisotopic (exact) mass is 527 g/mol. The number of amides is 1. The Morgan fingerprint density at radius 1 is 1.11 bits per heavy atom. The third-order valence-corrected chi connectivity index (χ3v) is 7.44. The van der Waals surface area contributed by atoms with Crippen LogP contribution in [0.1, 0.15) is 33.7 Å². The molecule has 0 radical (unpaired) electrons. The van der Waals surface area contributed by atoms with E-state index in [1.807, 2.05) is 61.5 Å². The highest BCUT2D eigenvalue weighted by atomic mass is 35.5. The number of halogens is 2. The molecule has 184 valence electrons. The topological polar surface area (TPSA) is 55.6 Å². The molecule has 5 rings (SSSR count). The fourth-order valence-electron chi connectivity index (χ4n) is 4.86. The summed E-state index contributed by atoms with van der Waals surface area (Å²) >= 11 is 12.5. The molecular weight excluding hydrogens is 505 g/mol. The van der Waals surface area contributed by atoms with E-state index < -0.39 is 6.09 Å². The summed E-state index contributed by atoms with van der Waals surface area (Å²) in [6, 6.07) is 21.6. The van der Waals surface area contributed by atoms with Gasteiger partial charge in [-0.3, -0.25) is 10.3 Å². The van der Waals surface area contributed by atoms with Crippen LogP contribution >= 0.6 is 23.2 Å². The van der Waals surface area contributed by atoms with Gasteiger partial charge in [0.05, 0.1) is 23.2 Å². The number of hydrogen-bond donors (Lipinski definition) is 1. The molecule has 0 saturated heterocycles. The van der Waals surface area contributed by atoms with Crippen molar-refractivity contribution in [3.8, 4) is 11.1 Å². The quantitative estimate of drug-likeness (QED) is 0.265. The smallest absolute Gasteiger partial charge is 0.411 e. The molecule has 1 unspecified atom stereocenters. The van der Waals surface area contributed by atoms with Gasteiger partial charge in [-0.1, -0.05) is 77.8 Å². The van der Waals surface area contributed by atoms with Crippen molar-refractivity contribution in [3.05, 3.63) is 122 Å². The predicted molar refractivity (Wildman–Crippen MR) is 148 cm³/mol. The summed E-state index contributed by atoms with van der Waals surface area (Å²) in [6.45, 7) is 10.2. The fourth-order valence-corrected chi connectivity index (χ4v) is 5.16. The standard InChI is InChI=1S/C30H23Cl2N3O2/c1-18-7-3-4-8-19(18)13-14-37-30(36)35-29-28(33-2)27-21(17-34-29)15-24(22-9-5-6-10-23(22)27)20-11-12-25(31)26(32)16-20/h3-12,16-17,24H,13-15H2,1H3,(H,34,35,36). The molecule has 4 aromatic rings. The maximum Gasteiger partial charge on any atom is 0.411 e. The Kier molecular flexibility index (Phi) is 7.14. The first-order chi connectivity index (χ1) is 18.0. The predicted octanol–water partition coefficient (Wildman–Crippen LogP) is 8.39. The molecule has 1 aromatic heterocycles. The zero-order chi connectivity index (χ0) is 25.9. The highest BCUT2D eigenvalue weighted by molar-refractivity contribution is 6.42. The van der Waals surface area contributed by atoms with Gasteiger partial charge >= 0.3 is 6.09 Å². The van der Waals surface area contributed by atoms with Gasteiger partial charge in [-0.25, -0.2) is 9.64 Å². The minimum atomic E-state index is -0.635. The van der Waals surface area contributed by atoms with Crippen LogP contribution in [-0.2, 0) is 17.6 Å². The SMILES string of the molecule is [C-]#[N+]c1c(NC(=O)OCCc2ccccc2C)ncc2c1-c1ccccc1C(c1ccc(Cl)c(Cl)c1)C2. The van der Waals surface area contributed by atoms with Crippen LogP contribution in [0.2, 0.25) is 10.0 Å². The molecule has 5 nitrogen and oxygen atoms in total. The lowest BCUT2D eigenvalue weighted by molar-refractivity contribution is 0.163. The molecule has 0 spiro atoms. The molecule has 7 heteroatoms. The normalized spacial score (nSPS) is 13.7. The number of aryl methyl sites for hydroxylation is 1. The Morgan fingerprint density at radius 3 is 2.68 bits per heavy atom. The van der Waals surface area contributed by atoms with E-state index in [1.165, 1.54) is 0 Å². The van der Waals surface area contributed by atoms with Crippen LogP contribution in [0.15, 0.2) is 72.9 Å². The van der Waals surface area contributed by atoms with E-state index in [9.17, 15) is 4.79 Å². The second kappa shape index (κ2) is 10.6. The van der Waals surface area contributed by atoms with Gasteiger partial charge in [0.1, 0.15) is 5.82 Å². The third-order valence-electron chi connectivity index (χ3n) is 6.71. The number of pyridine rings is 1. The van der Waals surface area contributed by atoms with Gasteiger partial charge in [0.2, 0.25) is 5.69 Å². The van der Waals surface area contributed by atoms with Gasteiger partial charge in [-0.15, -0.1) is 0 Å². The molecule has 1 aliphatic carbocycles. The Labute approximate surface area is 225 Å². The molecule has 0 aliphatic heterocycles. The van der Waals surface area contributed by atoms with E-state index in [2.05, 4.69) is 21.2 Å². The number of anilines is 1. The highest BCUT2D eigenvalue weighted by Crippen LogP contribution is 2.48.